The molecule has 0 spiro atoms. The van der Waals surface area contributed by atoms with E-state index in [-0.39, 0.29) is 6.10 Å². The van der Waals surface area contributed by atoms with Crippen LogP contribution in [0.15, 0.2) is 0 Å². The number of hydrogen-bond donors (Lipinski definition) is 2. The zero-order valence-electron chi connectivity index (χ0n) is 5.75. The average molecular weight is 130 g/mol. The van der Waals surface area contributed by atoms with Gasteiger partial charge in [-0.2, -0.15) is 0 Å². The van der Waals surface area contributed by atoms with Crippen molar-refractivity contribution in [3.05, 3.63) is 0 Å². The highest BCUT2D eigenvalue weighted by molar-refractivity contribution is 4.82. The van der Waals surface area contributed by atoms with Crippen molar-refractivity contribution >= 4 is 0 Å². The van der Waals surface area contributed by atoms with Crippen LogP contribution in [0.3, 0.4) is 0 Å². The summed E-state index contributed by atoms with van der Waals surface area (Å²) in [5.41, 5.74) is 5.43. The predicted molar refractivity (Wildman–Crippen MR) is 36.1 cm³/mol. The van der Waals surface area contributed by atoms with Crippen LogP contribution in [0.4, 0.5) is 0 Å². The van der Waals surface area contributed by atoms with Gasteiger partial charge in [0.15, 0.2) is 0 Å². The van der Waals surface area contributed by atoms with Crippen molar-refractivity contribution in [1.29, 1.82) is 0 Å². The lowest BCUT2D eigenvalue weighted by molar-refractivity contribution is 0.182. The van der Waals surface area contributed by atoms with E-state index in [0.29, 0.717) is 12.6 Å². The number of likely N-dealkylation sites (tertiary alicyclic amines) is 1. The van der Waals surface area contributed by atoms with Crippen molar-refractivity contribution in [2.75, 3.05) is 20.1 Å². The fourth-order valence-electron chi connectivity index (χ4n) is 1.33. The number of hydrogen-bond acceptors (Lipinski definition) is 3. The molecule has 0 amide bonds. The fourth-order valence-corrected chi connectivity index (χ4v) is 1.33. The monoisotopic (exact) mass is 130 g/mol. The van der Waals surface area contributed by atoms with Crippen molar-refractivity contribution in [2.45, 2.75) is 18.6 Å². The number of β-amino-alcohol motifs (C(OH)–C–C–N with tert-alkyl or cyclic N) is 1. The van der Waals surface area contributed by atoms with E-state index in [2.05, 4.69) is 4.90 Å². The van der Waals surface area contributed by atoms with Gasteiger partial charge in [-0.3, -0.25) is 4.90 Å². The van der Waals surface area contributed by atoms with E-state index in [0.717, 1.165) is 13.0 Å². The second-order valence-electron chi connectivity index (χ2n) is 2.72. The lowest BCUT2D eigenvalue weighted by atomic mass is 10.2. The number of nitrogens with two attached hydrogens (primary N) is 1. The van der Waals surface area contributed by atoms with Crippen LogP contribution in [0.25, 0.3) is 0 Å². The molecule has 0 bridgehead atoms. The Labute approximate surface area is 55.5 Å². The molecule has 1 saturated heterocycles. The molecule has 0 aromatic heterocycles. The first-order chi connectivity index (χ1) is 4.24. The molecule has 54 valence electrons. The third kappa shape index (κ3) is 1.41. The maximum absolute atomic E-state index is 9.10. The Morgan fingerprint density at radius 2 is 2.44 bits per heavy atom. The summed E-state index contributed by atoms with van der Waals surface area (Å²) < 4.78 is 0. The molecule has 1 aliphatic rings. The second-order valence-corrected chi connectivity index (χ2v) is 2.72. The summed E-state index contributed by atoms with van der Waals surface area (Å²) in [5.74, 6) is 0. The van der Waals surface area contributed by atoms with Gasteiger partial charge in [0.2, 0.25) is 0 Å². The van der Waals surface area contributed by atoms with Crippen LogP contribution in [0, 0.1) is 0 Å². The SMILES string of the molecule is CN1C[C@H](O)C[C@H]1CN. The molecule has 0 aromatic rings. The molecule has 3 nitrogen and oxygen atoms in total. The van der Waals surface area contributed by atoms with E-state index in [9.17, 15) is 0 Å². The normalized spacial score (nSPS) is 37.7. The highest BCUT2D eigenvalue weighted by Gasteiger charge is 2.26. The first kappa shape index (κ1) is 6.99. The molecule has 0 aliphatic carbocycles. The summed E-state index contributed by atoms with van der Waals surface area (Å²) in [6.45, 7) is 1.44. The molecule has 9 heavy (non-hydrogen) atoms. The van der Waals surface area contributed by atoms with Crippen LogP contribution in [0.5, 0.6) is 0 Å². The van der Waals surface area contributed by atoms with Crippen molar-refractivity contribution in [3.63, 3.8) is 0 Å². The smallest absolute Gasteiger partial charge is 0.0682 e. The lowest BCUT2D eigenvalue weighted by Gasteiger charge is -2.15. The number of aliphatic hydroxyl groups is 1. The van der Waals surface area contributed by atoms with Crippen molar-refractivity contribution in [2.24, 2.45) is 5.73 Å². The number of rotatable bonds is 1. The molecule has 2 atom stereocenters. The van der Waals surface area contributed by atoms with Gasteiger partial charge in [0.05, 0.1) is 6.10 Å². The lowest BCUT2D eigenvalue weighted by Crippen LogP contribution is -2.31. The van der Waals surface area contributed by atoms with Crippen molar-refractivity contribution < 1.29 is 5.11 Å². The summed E-state index contributed by atoms with van der Waals surface area (Å²) in [6, 6.07) is 0.403. The van der Waals surface area contributed by atoms with Gasteiger partial charge in [-0.15, -0.1) is 0 Å². The van der Waals surface area contributed by atoms with Crippen LogP contribution in [0.2, 0.25) is 0 Å². The van der Waals surface area contributed by atoms with Gasteiger partial charge < -0.3 is 10.8 Å². The van der Waals surface area contributed by atoms with Gasteiger partial charge >= 0.3 is 0 Å². The van der Waals surface area contributed by atoms with Gasteiger partial charge in [-0.05, 0) is 13.5 Å². The predicted octanol–water partition coefficient (Wildman–Crippen LogP) is -0.990. The highest BCUT2D eigenvalue weighted by Crippen LogP contribution is 2.13. The fraction of sp³-hybridized carbons (Fsp3) is 1.00. The molecular formula is C6H14N2O. The van der Waals surface area contributed by atoms with Gasteiger partial charge in [0.25, 0.3) is 0 Å². The summed E-state index contributed by atoms with van der Waals surface area (Å²) in [7, 11) is 1.99. The minimum Gasteiger partial charge on any atom is -0.392 e. The largest absolute Gasteiger partial charge is 0.392 e. The maximum atomic E-state index is 9.10. The third-order valence-electron chi connectivity index (χ3n) is 1.94. The summed E-state index contributed by atoms with van der Waals surface area (Å²) in [6.07, 6.45) is 0.691. The molecule has 0 radical (unpaired) electrons. The topological polar surface area (TPSA) is 49.5 Å². The Balaban J connectivity index is 2.38. The zero-order valence-corrected chi connectivity index (χ0v) is 5.75. The Bertz CT molecular complexity index is 97.1. The first-order valence-electron chi connectivity index (χ1n) is 3.32. The van der Waals surface area contributed by atoms with Crippen LogP contribution in [0.1, 0.15) is 6.42 Å². The minimum atomic E-state index is -0.149. The van der Waals surface area contributed by atoms with E-state index in [1.165, 1.54) is 0 Å². The number of aliphatic hydroxyl groups excluding tert-OH is 1. The standard InChI is InChI=1S/C6H14N2O/c1-8-4-6(9)2-5(8)3-7/h5-6,9H,2-4,7H2,1H3/t5-,6+/m0/s1. The van der Waals surface area contributed by atoms with Crippen LogP contribution >= 0.6 is 0 Å². The molecular weight excluding hydrogens is 116 g/mol. The Kier molecular flexibility index (Phi) is 2.05. The van der Waals surface area contributed by atoms with E-state index >= 15 is 0 Å². The molecule has 3 N–H and O–H groups in total. The van der Waals surface area contributed by atoms with Crippen LogP contribution in [-0.2, 0) is 0 Å². The first-order valence-corrected chi connectivity index (χ1v) is 3.32. The van der Waals surface area contributed by atoms with Crippen molar-refractivity contribution in [1.82, 2.24) is 4.90 Å². The third-order valence-corrected chi connectivity index (χ3v) is 1.94. The molecule has 0 unspecified atom stereocenters. The average Bonchev–Trinajstić information content (AvgIpc) is 2.10. The summed E-state index contributed by atoms with van der Waals surface area (Å²) in [4.78, 5) is 2.10. The molecule has 1 heterocycles. The Morgan fingerprint density at radius 1 is 1.78 bits per heavy atom. The van der Waals surface area contributed by atoms with Gasteiger partial charge in [0.1, 0.15) is 0 Å². The molecule has 0 aromatic carbocycles. The van der Waals surface area contributed by atoms with Gasteiger partial charge in [0, 0.05) is 19.1 Å². The minimum absolute atomic E-state index is 0.149. The van der Waals surface area contributed by atoms with Gasteiger partial charge in [-0.25, -0.2) is 0 Å². The number of likely N-dealkylation sites (N-methyl/N-ethyl adjacent to an activating group) is 1. The van der Waals surface area contributed by atoms with E-state index in [1.54, 1.807) is 0 Å². The van der Waals surface area contributed by atoms with E-state index in [1.807, 2.05) is 7.05 Å². The summed E-state index contributed by atoms with van der Waals surface area (Å²) in [5, 5.41) is 9.10. The van der Waals surface area contributed by atoms with E-state index in [4.69, 9.17) is 10.8 Å². The molecule has 1 aliphatic heterocycles. The molecule has 3 heteroatoms. The summed E-state index contributed by atoms with van der Waals surface area (Å²) >= 11 is 0. The van der Waals surface area contributed by atoms with Gasteiger partial charge in [-0.1, -0.05) is 0 Å². The van der Waals surface area contributed by atoms with Crippen LogP contribution < -0.4 is 5.73 Å². The van der Waals surface area contributed by atoms with E-state index < -0.39 is 0 Å². The highest BCUT2D eigenvalue weighted by atomic mass is 16.3. The molecule has 1 rings (SSSR count). The second kappa shape index (κ2) is 2.64. The Morgan fingerprint density at radius 3 is 2.67 bits per heavy atom. The maximum Gasteiger partial charge on any atom is 0.0682 e. The molecule has 0 saturated carbocycles. The zero-order chi connectivity index (χ0) is 6.85. The quantitative estimate of drug-likeness (QED) is 0.479. The Hall–Kier alpha value is -0.120. The number of nitrogens with zero attached hydrogens (tertiary/aromatic N) is 1. The van der Waals surface area contributed by atoms with Crippen molar-refractivity contribution in [3.8, 4) is 0 Å². The molecule has 1 fully saturated rings. The van der Waals surface area contributed by atoms with Crippen LogP contribution in [-0.4, -0.2) is 42.3 Å².